The number of aliphatic hydroxyl groups is 1. The molecule has 0 aromatic carbocycles. The molecule has 0 amide bonds. The lowest BCUT2D eigenvalue weighted by molar-refractivity contribution is -0.168. The van der Waals surface area contributed by atoms with E-state index in [0.29, 0.717) is 0 Å². The highest BCUT2D eigenvalue weighted by molar-refractivity contribution is 5.84. The van der Waals surface area contributed by atoms with E-state index in [1.165, 1.54) is 13.8 Å². The molecule has 2 unspecified atom stereocenters. The molecule has 2 atom stereocenters. The summed E-state index contributed by atoms with van der Waals surface area (Å²) in [5.41, 5.74) is -1.61. The lowest BCUT2D eigenvalue weighted by atomic mass is 9.82. The van der Waals surface area contributed by atoms with Crippen LogP contribution in [0.3, 0.4) is 0 Å². The minimum Gasteiger partial charge on any atom is -0.481 e. The quantitative estimate of drug-likeness (QED) is 0.557. The molecule has 0 saturated heterocycles. The van der Waals surface area contributed by atoms with E-state index in [1.54, 1.807) is 0 Å². The van der Waals surface area contributed by atoms with Gasteiger partial charge in [0, 0.05) is 0 Å². The molecule has 3 N–H and O–H groups in total. The van der Waals surface area contributed by atoms with E-state index in [-0.39, 0.29) is 6.42 Å². The highest BCUT2D eigenvalue weighted by Gasteiger charge is 2.43. The third-order valence-electron chi connectivity index (χ3n) is 2.06. The van der Waals surface area contributed by atoms with Crippen molar-refractivity contribution in [3.05, 3.63) is 0 Å². The second kappa shape index (κ2) is 3.53. The molecule has 0 bridgehead atoms. The molecule has 0 spiro atoms. The van der Waals surface area contributed by atoms with Crippen LogP contribution in [-0.2, 0) is 9.59 Å². The van der Waals surface area contributed by atoms with Gasteiger partial charge in [-0.15, -0.1) is 0 Å². The standard InChI is InChI=1S/C7H12O5/c1-3-7(2,6(11)12)4(8)5(9)10/h4,8H,3H2,1-2H3,(H,9,10)(H,11,12). The topological polar surface area (TPSA) is 94.8 Å². The van der Waals surface area contributed by atoms with Gasteiger partial charge in [0.25, 0.3) is 0 Å². The minimum absolute atomic E-state index is 0.0653. The first kappa shape index (κ1) is 10.9. The van der Waals surface area contributed by atoms with Crippen molar-refractivity contribution in [3.8, 4) is 0 Å². The fourth-order valence-electron chi connectivity index (χ4n) is 0.734. The van der Waals surface area contributed by atoms with Gasteiger partial charge in [0.1, 0.15) is 5.41 Å². The van der Waals surface area contributed by atoms with Crippen molar-refractivity contribution in [1.29, 1.82) is 0 Å². The van der Waals surface area contributed by atoms with Crippen molar-refractivity contribution in [1.82, 2.24) is 0 Å². The number of carboxylic acid groups (broad SMARTS) is 2. The molecular formula is C7H12O5. The van der Waals surface area contributed by atoms with Crippen LogP contribution in [-0.4, -0.2) is 33.4 Å². The Morgan fingerprint density at radius 3 is 1.92 bits per heavy atom. The van der Waals surface area contributed by atoms with Gasteiger partial charge in [0.2, 0.25) is 0 Å². The van der Waals surface area contributed by atoms with Crippen LogP contribution in [0.5, 0.6) is 0 Å². The van der Waals surface area contributed by atoms with E-state index < -0.39 is 23.5 Å². The monoisotopic (exact) mass is 176 g/mol. The molecule has 0 aliphatic heterocycles. The largest absolute Gasteiger partial charge is 0.481 e. The van der Waals surface area contributed by atoms with E-state index in [2.05, 4.69) is 0 Å². The summed E-state index contributed by atoms with van der Waals surface area (Å²) in [6.07, 6.45) is -1.80. The molecule has 0 aromatic rings. The van der Waals surface area contributed by atoms with Crippen LogP contribution in [0.1, 0.15) is 20.3 Å². The van der Waals surface area contributed by atoms with E-state index in [0.717, 1.165) is 0 Å². The number of hydrogen-bond donors (Lipinski definition) is 3. The predicted molar refractivity (Wildman–Crippen MR) is 39.7 cm³/mol. The summed E-state index contributed by atoms with van der Waals surface area (Å²) in [6.45, 7) is 2.72. The van der Waals surface area contributed by atoms with Gasteiger partial charge in [-0.1, -0.05) is 6.92 Å². The molecule has 0 rings (SSSR count). The zero-order valence-corrected chi connectivity index (χ0v) is 6.94. The molecule has 0 aliphatic carbocycles. The molecule has 0 aromatic heterocycles. The van der Waals surface area contributed by atoms with Crippen molar-refractivity contribution in [2.75, 3.05) is 0 Å². The molecule has 0 saturated carbocycles. The van der Waals surface area contributed by atoms with Crippen molar-refractivity contribution < 1.29 is 24.9 Å². The van der Waals surface area contributed by atoms with Gasteiger partial charge in [-0.05, 0) is 13.3 Å². The summed E-state index contributed by atoms with van der Waals surface area (Å²) in [6, 6.07) is 0. The predicted octanol–water partition coefficient (Wildman–Crippen LogP) is -0.0672. The summed E-state index contributed by atoms with van der Waals surface area (Å²) in [7, 11) is 0. The first-order valence-electron chi connectivity index (χ1n) is 3.50. The Kier molecular flexibility index (Phi) is 3.21. The maximum Gasteiger partial charge on any atom is 0.333 e. The second-order valence-electron chi connectivity index (χ2n) is 2.82. The normalized spacial score (nSPS) is 17.9. The van der Waals surface area contributed by atoms with Crippen molar-refractivity contribution >= 4 is 11.9 Å². The van der Waals surface area contributed by atoms with Gasteiger partial charge >= 0.3 is 11.9 Å². The number of aliphatic hydroxyl groups excluding tert-OH is 1. The average Bonchev–Trinajstić information content (AvgIpc) is 2.01. The average molecular weight is 176 g/mol. The number of aliphatic carboxylic acids is 2. The Hall–Kier alpha value is -1.10. The Labute approximate surface area is 69.6 Å². The van der Waals surface area contributed by atoms with Gasteiger partial charge in [0.05, 0.1) is 0 Å². The van der Waals surface area contributed by atoms with Crippen LogP contribution >= 0.6 is 0 Å². The third-order valence-corrected chi connectivity index (χ3v) is 2.06. The first-order valence-corrected chi connectivity index (χ1v) is 3.50. The van der Waals surface area contributed by atoms with E-state index in [9.17, 15) is 9.59 Å². The first-order chi connectivity index (χ1) is 5.36. The van der Waals surface area contributed by atoms with Crippen LogP contribution in [0.15, 0.2) is 0 Å². The Morgan fingerprint density at radius 1 is 1.42 bits per heavy atom. The molecule has 0 aliphatic rings. The molecule has 5 nitrogen and oxygen atoms in total. The van der Waals surface area contributed by atoms with Gasteiger partial charge in [0.15, 0.2) is 6.10 Å². The summed E-state index contributed by atoms with van der Waals surface area (Å²) in [5, 5.41) is 26.0. The Bertz CT molecular complexity index is 200. The lowest BCUT2D eigenvalue weighted by Gasteiger charge is -2.25. The molecule has 12 heavy (non-hydrogen) atoms. The van der Waals surface area contributed by atoms with Gasteiger partial charge in [-0.2, -0.15) is 0 Å². The second-order valence-corrected chi connectivity index (χ2v) is 2.82. The minimum atomic E-state index is -1.86. The Balaban J connectivity index is 4.75. The summed E-state index contributed by atoms with van der Waals surface area (Å²) < 4.78 is 0. The third kappa shape index (κ3) is 1.73. The van der Waals surface area contributed by atoms with Gasteiger partial charge < -0.3 is 15.3 Å². The summed E-state index contributed by atoms with van der Waals surface area (Å²) >= 11 is 0. The molecule has 5 heteroatoms. The maximum atomic E-state index is 10.6. The molecule has 70 valence electrons. The van der Waals surface area contributed by atoms with Gasteiger partial charge in [-0.3, -0.25) is 4.79 Å². The van der Waals surface area contributed by atoms with Crippen molar-refractivity contribution in [2.24, 2.45) is 5.41 Å². The number of hydrogen-bond acceptors (Lipinski definition) is 3. The molecule has 0 radical (unpaired) electrons. The SMILES string of the molecule is CCC(C)(C(=O)O)C(O)C(=O)O. The van der Waals surface area contributed by atoms with Gasteiger partial charge in [-0.25, -0.2) is 4.79 Å². The number of carbonyl (C=O) groups is 2. The van der Waals surface area contributed by atoms with Crippen LogP contribution in [0.2, 0.25) is 0 Å². The van der Waals surface area contributed by atoms with E-state index in [1.807, 2.05) is 0 Å². The van der Waals surface area contributed by atoms with E-state index in [4.69, 9.17) is 15.3 Å². The number of carboxylic acids is 2. The fourth-order valence-corrected chi connectivity index (χ4v) is 0.734. The summed E-state index contributed by atoms with van der Waals surface area (Å²) in [4.78, 5) is 20.9. The molecule has 0 heterocycles. The highest BCUT2D eigenvalue weighted by Crippen LogP contribution is 2.26. The zero-order valence-electron chi connectivity index (χ0n) is 6.94. The Morgan fingerprint density at radius 2 is 1.83 bits per heavy atom. The number of rotatable bonds is 4. The maximum absolute atomic E-state index is 10.6. The van der Waals surface area contributed by atoms with Crippen molar-refractivity contribution in [3.63, 3.8) is 0 Å². The smallest absolute Gasteiger partial charge is 0.333 e. The zero-order chi connectivity index (χ0) is 9.94. The summed E-state index contributed by atoms with van der Waals surface area (Å²) in [5.74, 6) is -2.82. The van der Waals surface area contributed by atoms with Crippen molar-refractivity contribution in [2.45, 2.75) is 26.4 Å². The molecular weight excluding hydrogens is 164 g/mol. The van der Waals surface area contributed by atoms with Crippen LogP contribution < -0.4 is 0 Å². The fraction of sp³-hybridized carbons (Fsp3) is 0.714. The van der Waals surface area contributed by atoms with Crippen LogP contribution in [0.25, 0.3) is 0 Å². The van der Waals surface area contributed by atoms with Crippen LogP contribution in [0, 0.1) is 5.41 Å². The van der Waals surface area contributed by atoms with E-state index >= 15 is 0 Å². The lowest BCUT2D eigenvalue weighted by Crippen LogP contribution is -2.44. The highest BCUT2D eigenvalue weighted by atomic mass is 16.4. The van der Waals surface area contributed by atoms with Crippen LogP contribution in [0.4, 0.5) is 0 Å². The molecule has 0 fully saturated rings.